The molecule has 1 fully saturated rings. The molecule has 2 atom stereocenters. The largest absolute Gasteiger partial charge is 0.331 e. The van der Waals surface area contributed by atoms with E-state index in [9.17, 15) is 26.8 Å². The number of nitrogens with one attached hydrogen (secondary N) is 2. The number of hydrogen-bond donors (Lipinski definition) is 2. The van der Waals surface area contributed by atoms with E-state index in [2.05, 4.69) is 15.0 Å². The summed E-state index contributed by atoms with van der Waals surface area (Å²) in [6.45, 7) is 1.10. The second-order valence-electron chi connectivity index (χ2n) is 6.53. The van der Waals surface area contributed by atoms with Crippen LogP contribution in [0.5, 0.6) is 0 Å². The molecular formula is C16H18F2N4O4S3. The van der Waals surface area contributed by atoms with Crippen LogP contribution in [0.1, 0.15) is 32.6 Å². The van der Waals surface area contributed by atoms with Crippen LogP contribution >= 0.6 is 22.7 Å². The third-order valence-corrected chi connectivity index (χ3v) is 6.79. The first-order valence-corrected chi connectivity index (χ1v) is 12.0. The van der Waals surface area contributed by atoms with Crippen molar-refractivity contribution in [3.8, 4) is 0 Å². The highest BCUT2D eigenvalue weighted by molar-refractivity contribution is 7.88. The molecular weight excluding hydrogens is 446 g/mol. The summed E-state index contributed by atoms with van der Waals surface area (Å²) in [6.07, 6.45) is 0.741. The minimum atomic E-state index is -3.56. The van der Waals surface area contributed by atoms with E-state index < -0.39 is 45.7 Å². The van der Waals surface area contributed by atoms with Crippen molar-refractivity contribution >= 4 is 49.6 Å². The Balaban J connectivity index is 1.77. The first kappa shape index (κ1) is 21.7. The summed E-state index contributed by atoms with van der Waals surface area (Å²) >= 11 is 1.95. The van der Waals surface area contributed by atoms with Crippen LogP contribution < -0.4 is 10.0 Å². The maximum absolute atomic E-state index is 14.1. The fourth-order valence-electron chi connectivity index (χ4n) is 3.00. The Morgan fingerprint density at radius 2 is 2.10 bits per heavy atom. The number of nitrogens with zero attached hydrogens (tertiary/aromatic N) is 2. The van der Waals surface area contributed by atoms with E-state index in [0.717, 1.165) is 12.5 Å². The molecule has 13 heteroatoms. The zero-order chi connectivity index (χ0) is 21.3. The lowest BCUT2D eigenvalue weighted by Crippen LogP contribution is -2.39. The third-order valence-electron chi connectivity index (χ3n) is 4.26. The normalized spacial score (nSPS) is 19.5. The van der Waals surface area contributed by atoms with Crippen LogP contribution in [-0.2, 0) is 14.8 Å². The SMILES string of the molecule is Cc1sc([C@@H]2C[C@@H](F)CN2C(=O)CNS(C)(=O)=O)cc1C(=O)Nc1ncc(F)s1. The van der Waals surface area contributed by atoms with Crippen LogP contribution in [0.4, 0.5) is 13.9 Å². The summed E-state index contributed by atoms with van der Waals surface area (Å²) in [4.78, 5) is 31.2. The van der Waals surface area contributed by atoms with E-state index in [-0.39, 0.29) is 18.1 Å². The molecule has 8 nitrogen and oxygen atoms in total. The Morgan fingerprint density at radius 3 is 2.72 bits per heavy atom. The highest BCUT2D eigenvalue weighted by atomic mass is 32.2. The van der Waals surface area contributed by atoms with Gasteiger partial charge < -0.3 is 4.90 Å². The lowest BCUT2D eigenvalue weighted by atomic mass is 10.1. The first-order chi connectivity index (χ1) is 13.5. The number of thiophene rings is 1. The van der Waals surface area contributed by atoms with E-state index in [0.29, 0.717) is 26.7 Å². The van der Waals surface area contributed by atoms with Gasteiger partial charge in [-0.3, -0.25) is 14.9 Å². The standard InChI is InChI=1S/C16H18F2N4O4S3/c1-8-10(15(24)21-16-19-5-13(18)28-16)4-12(27-8)11-3-9(17)7-22(11)14(23)6-20-29(2,25)26/h4-5,9,11,20H,3,6-7H2,1-2H3,(H,19,21,24)/t9-,11+/m1/s1. The highest BCUT2D eigenvalue weighted by Gasteiger charge is 2.37. The molecule has 0 bridgehead atoms. The highest BCUT2D eigenvalue weighted by Crippen LogP contribution is 2.38. The molecule has 0 aliphatic carbocycles. The Hall–Kier alpha value is -1.96. The molecule has 1 aliphatic rings. The molecule has 1 saturated heterocycles. The van der Waals surface area contributed by atoms with Crippen molar-refractivity contribution < 1.29 is 26.8 Å². The Kier molecular flexibility index (Phi) is 6.31. The smallest absolute Gasteiger partial charge is 0.258 e. The average Bonchev–Trinajstić information content (AvgIpc) is 3.30. The van der Waals surface area contributed by atoms with Crippen molar-refractivity contribution in [1.82, 2.24) is 14.6 Å². The van der Waals surface area contributed by atoms with Crippen LogP contribution in [0.3, 0.4) is 0 Å². The van der Waals surface area contributed by atoms with Crippen LogP contribution in [0, 0.1) is 12.1 Å². The van der Waals surface area contributed by atoms with Gasteiger partial charge >= 0.3 is 0 Å². The van der Waals surface area contributed by atoms with Crippen molar-refractivity contribution in [2.24, 2.45) is 0 Å². The van der Waals surface area contributed by atoms with E-state index in [4.69, 9.17) is 0 Å². The van der Waals surface area contributed by atoms with Gasteiger partial charge in [-0.05, 0) is 13.0 Å². The number of aryl methyl sites for hydroxylation is 1. The van der Waals surface area contributed by atoms with Gasteiger partial charge in [0.15, 0.2) is 10.3 Å². The average molecular weight is 465 g/mol. The Bertz CT molecular complexity index is 1040. The van der Waals surface area contributed by atoms with Gasteiger partial charge in [0, 0.05) is 16.2 Å². The van der Waals surface area contributed by atoms with E-state index in [1.54, 1.807) is 13.0 Å². The fraction of sp³-hybridized carbons (Fsp3) is 0.438. The van der Waals surface area contributed by atoms with Crippen molar-refractivity contribution in [2.75, 3.05) is 24.7 Å². The second kappa shape index (κ2) is 8.42. The molecule has 2 amide bonds. The number of aromatic nitrogens is 1. The van der Waals surface area contributed by atoms with E-state index in [1.807, 2.05) is 0 Å². The number of anilines is 1. The molecule has 158 valence electrons. The van der Waals surface area contributed by atoms with Gasteiger partial charge in [-0.15, -0.1) is 11.3 Å². The maximum atomic E-state index is 14.1. The number of carbonyl (C=O) groups excluding carboxylic acids is 2. The van der Waals surface area contributed by atoms with Crippen LogP contribution in [0.2, 0.25) is 0 Å². The van der Waals surface area contributed by atoms with Crippen LogP contribution in [0.15, 0.2) is 12.3 Å². The topological polar surface area (TPSA) is 108 Å². The zero-order valence-electron chi connectivity index (χ0n) is 15.4. The van der Waals surface area contributed by atoms with Gasteiger partial charge in [0.1, 0.15) is 6.17 Å². The molecule has 3 heterocycles. The number of rotatable bonds is 6. The predicted octanol–water partition coefficient (Wildman–Crippen LogP) is 2.07. The fourth-order valence-corrected chi connectivity index (χ4v) is 5.07. The molecule has 2 N–H and O–H groups in total. The molecule has 0 aromatic carbocycles. The number of thiazole rings is 1. The minimum absolute atomic E-state index is 0.0588. The molecule has 3 rings (SSSR count). The lowest BCUT2D eigenvalue weighted by Gasteiger charge is -2.23. The molecule has 29 heavy (non-hydrogen) atoms. The summed E-state index contributed by atoms with van der Waals surface area (Å²) in [5.41, 5.74) is 0.324. The Labute approximate surface area is 174 Å². The minimum Gasteiger partial charge on any atom is -0.331 e. The summed E-state index contributed by atoms with van der Waals surface area (Å²) in [7, 11) is -3.56. The van der Waals surface area contributed by atoms with Crippen LogP contribution in [0.25, 0.3) is 0 Å². The summed E-state index contributed by atoms with van der Waals surface area (Å²) in [6, 6.07) is 0.980. The van der Waals surface area contributed by atoms with Gasteiger partial charge in [0.25, 0.3) is 5.91 Å². The maximum Gasteiger partial charge on any atom is 0.258 e. The first-order valence-electron chi connectivity index (χ1n) is 8.44. The molecule has 0 saturated carbocycles. The monoisotopic (exact) mass is 464 g/mol. The molecule has 0 unspecified atom stereocenters. The number of sulfonamides is 1. The van der Waals surface area contributed by atoms with Crippen LogP contribution in [-0.4, -0.2) is 55.6 Å². The zero-order valence-corrected chi connectivity index (χ0v) is 17.9. The molecule has 0 spiro atoms. The number of amides is 2. The second-order valence-corrected chi connectivity index (χ2v) is 10.6. The number of hydrogen-bond acceptors (Lipinski definition) is 7. The summed E-state index contributed by atoms with van der Waals surface area (Å²) < 4.78 is 51.6. The quantitative estimate of drug-likeness (QED) is 0.680. The number of alkyl halides is 1. The predicted molar refractivity (Wildman–Crippen MR) is 106 cm³/mol. The van der Waals surface area contributed by atoms with Gasteiger partial charge in [-0.1, -0.05) is 11.3 Å². The van der Waals surface area contributed by atoms with Gasteiger partial charge in [-0.25, -0.2) is 22.5 Å². The van der Waals surface area contributed by atoms with Gasteiger partial charge in [-0.2, -0.15) is 4.39 Å². The number of carbonyl (C=O) groups is 2. The van der Waals surface area contributed by atoms with Crippen molar-refractivity contribution in [1.29, 1.82) is 0 Å². The molecule has 2 aromatic heterocycles. The third kappa shape index (κ3) is 5.35. The van der Waals surface area contributed by atoms with E-state index in [1.165, 1.54) is 16.2 Å². The van der Waals surface area contributed by atoms with Crippen molar-refractivity contribution in [3.63, 3.8) is 0 Å². The summed E-state index contributed by atoms with van der Waals surface area (Å²) in [5, 5.41) is 2.10. The number of halogens is 2. The van der Waals surface area contributed by atoms with Gasteiger partial charge in [0.05, 0.1) is 37.1 Å². The van der Waals surface area contributed by atoms with E-state index >= 15 is 0 Å². The van der Waals surface area contributed by atoms with Gasteiger partial charge in [0.2, 0.25) is 15.9 Å². The van der Waals surface area contributed by atoms with Crippen molar-refractivity contribution in [2.45, 2.75) is 25.6 Å². The molecule has 2 aromatic rings. The Morgan fingerprint density at radius 1 is 1.38 bits per heavy atom. The van der Waals surface area contributed by atoms with Crippen molar-refractivity contribution in [3.05, 3.63) is 32.7 Å². The molecule has 0 radical (unpaired) electrons. The molecule has 1 aliphatic heterocycles. The number of likely N-dealkylation sites (tertiary alicyclic amines) is 1. The summed E-state index contributed by atoms with van der Waals surface area (Å²) in [5.74, 6) is -1.03. The lowest BCUT2D eigenvalue weighted by molar-refractivity contribution is -0.131.